The van der Waals surface area contributed by atoms with Crippen LogP contribution in [0.25, 0.3) is 21.3 Å². The van der Waals surface area contributed by atoms with E-state index in [9.17, 15) is 0 Å². The van der Waals surface area contributed by atoms with Gasteiger partial charge in [0, 0.05) is 17.5 Å². The van der Waals surface area contributed by atoms with Crippen LogP contribution in [-0.2, 0) is 0 Å². The van der Waals surface area contributed by atoms with Crippen molar-refractivity contribution in [3.05, 3.63) is 41.0 Å². The van der Waals surface area contributed by atoms with Crippen molar-refractivity contribution >= 4 is 27.4 Å². The van der Waals surface area contributed by atoms with Gasteiger partial charge in [-0.1, -0.05) is 23.8 Å². The Kier molecular flexibility index (Phi) is 5.11. The zero-order chi connectivity index (χ0) is 17.1. The second kappa shape index (κ2) is 7.28. The minimum atomic E-state index is 0.909. The zero-order valence-electron chi connectivity index (χ0n) is 14.8. The van der Waals surface area contributed by atoms with Crippen LogP contribution in [0.2, 0.25) is 0 Å². The third-order valence-corrected chi connectivity index (χ3v) is 5.00. The van der Waals surface area contributed by atoms with Crippen LogP contribution in [0.3, 0.4) is 0 Å². The number of hydrogen-bond donors (Lipinski definition) is 1. The molecule has 3 aromatic rings. The Bertz CT molecular complexity index is 838. The van der Waals surface area contributed by atoms with E-state index in [-0.39, 0.29) is 0 Å². The number of thiophene rings is 1. The van der Waals surface area contributed by atoms with Gasteiger partial charge in [0.15, 0.2) is 0 Å². The molecule has 0 bridgehead atoms. The van der Waals surface area contributed by atoms with Gasteiger partial charge in [-0.05, 0) is 52.0 Å². The van der Waals surface area contributed by atoms with Crippen molar-refractivity contribution in [3.63, 3.8) is 0 Å². The molecule has 0 unspecified atom stereocenters. The summed E-state index contributed by atoms with van der Waals surface area (Å²) in [5, 5.41) is 6.83. The van der Waals surface area contributed by atoms with Crippen molar-refractivity contribution in [1.29, 1.82) is 0 Å². The van der Waals surface area contributed by atoms with E-state index in [1.165, 1.54) is 22.3 Å². The lowest BCUT2D eigenvalue weighted by molar-refractivity contribution is 0.405. The predicted octanol–water partition coefficient (Wildman–Crippen LogP) is 4.34. The molecule has 24 heavy (non-hydrogen) atoms. The van der Waals surface area contributed by atoms with Crippen LogP contribution in [0.4, 0.5) is 5.82 Å². The first-order valence-electron chi connectivity index (χ1n) is 8.24. The van der Waals surface area contributed by atoms with Gasteiger partial charge in [0.25, 0.3) is 0 Å². The van der Waals surface area contributed by atoms with E-state index >= 15 is 0 Å². The highest BCUT2D eigenvalue weighted by atomic mass is 32.1. The van der Waals surface area contributed by atoms with Gasteiger partial charge in [-0.25, -0.2) is 9.97 Å². The smallest absolute Gasteiger partial charge is 0.138 e. The summed E-state index contributed by atoms with van der Waals surface area (Å²) in [6, 6.07) is 6.60. The SMILES string of the molecule is Cc1ccc(-c2csc3ncnc(NCCCN(C)C)c23)c(C)c1. The number of nitrogens with zero attached hydrogens (tertiary/aromatic N) is 3. The molecule has 0 fully saturated rings. The molecule has 0 aliphatic carbocycles. The summed E-state index contributed by atoms with van der Waals surface area (Å²) in [5.41, 5.74) is 5.06. The van der Waals surface area contributed by atoms with Gasteiger partial charge in [-0.15, -0.1) is 11.3 Å². The Balaban J connectivity index is 1.95. The number of fused-ring (bicyclic) bond motifs is 1. The van der Waals surface area contributed by atoms with Gasteiger partial charge < -0.3 is 10.2 Å². The molecule has 1 N–H and O–H groups in total. The molecule has 0 atom stereocenters. The number of hydrogen-bond acceptors (Lipinski definition) is 5. The van der Waals surface area contributed by atoms with Crippen molar-refractivity contribution in [3.8, 4) is 11.1 Å². The Labute approximate surface area is 147 Å². The van der Waals surface area contributed by atoms with E-state index in [2.05, 4.69) is 71.7 Å². The molecule has 2 heterocycles. The van der Waals surface area contributed by atoms with Crippen molar-refractivity contribution < 1.29 is 0 Å². The highest BCUT2D eigenvalue weighted by molar-refractivity contribution is 7.17. The fraction of sp³-hybridized carbons (Fsp3) is 0.368. The number of rotatable bonds is 6. The minimum Gasteiger partial charge on any atom is -0.369 e. The number of anilines is 1. The summed E-state index contributed by atoms with van der Waals surface area (Å²) in [6.45, 7) is 6.27. The lowest BCUT2D eigenvalue weighted by atomic mass is 9.99. The van der Waals surface area contributed by atoms with Gasteiger partial charge in [0.05, 0.1) is 5.39 Å². The quantitative estimate of drug-likeness (QED) is 0.678. The maximum absolute atomic E-state index is 4.50. The standard InChI is InChI=1S/C19H24N4S/c1-13-6-7-15(14(2)10-13)16-11-24-19-17(16)18(21-12-22-19)20-8-5-9-23(3)4/h6-7,10-12H,5,8-9H2,1-4H3,(H,20,21,22). The first-order chi connectivity index (χ1) is 11.6. The summed E-state index contributed by atoms with van der Waals surface area (Å²) < 4.78 is 0. The topological polar surface area (TPSA) is 41.1 Å². The van der Waals surface area contributed by atoms with Crippen LogP contribution in [-0.4, -0.2) is 42.1 Å². The molecule has 0 saturated heterocycles. The monoisotopic (exact) mass is 340 g/mol. The first kappa shape index (κ1) is 16.9. The molecule has 2 aromatic heterocycles. The average Bonchev–Trinajstić information content (AvgIpc) is 2.96. The van der Waals surface area contributed by atoms with E-state index in [4.69, 9.17) is 0 Å². The summed E-state index contributed by atoms with van der Waals surface area (Å²) >= 11 is 1.68. The van der Waals surface area contributed by atoms with Gasteiger partial charge in [0.2, 0.25) is 0 Å². The Morgan fingerprint density at radius 3 is 2.71 bits per heavy atom. The Hall–Kier alpha value is -1.98. The molecule has 0 radical (unpaired) electrons. The third-order valence-electron chi connectivity index (χ3n) is 4.12. The molecular weight excluding hydrogens is 316 g/mol. The van der Waals surface area contributed by atoms with Crippen molar-refractivity contribution in [2.45, 2.75) is 20.3 Å². The molecule has 0 spiro atoms. The van der Waals surface area contributed by atoms with Gasteiger partial charge in [0.1, 0.15) is 17.0 Å². The lowest BCUT2D eigenvalue weighted by Crippen LogP contribution is -2.16. The lowest BCUT2D eigenvalue weighted by Gasteiger charge is -2.12. The van der Waals surface area contributed by atoms with Crippen LogP contribution in [0.5, 0.6) is 0 Å². The van der Waals surface area contributed by atoms with E-state index < -0.39 is 0 Å². The van der Waals surface area contributed by atoms with Crippen LogP contribution >= 0.6 is 11.3 Å². The second-order valence-electron chi connectivity index (χ2n) is 6.45. The molecule has 5 heteroatoms. The van der Waals surface area contributed by atoms with E-state index in [1.807, 2.05) is 0 Å². The first-order valence-corrected chi connectivity index (χ1v) is 9.12. The highest BCUT2D eigenvalue weighted by Crippen LogP contribution is 2.37. The molecular formula is C19H24N4S. The molecule has 0 saturated carbocycles. The summed E-state index contributed by atoms with van der Waals surface area (Å²) in [7, 11) is 4.19. The van der Waals surface area contributed by atoms with E-state index in [0.717, 1.165) is 35.5 Å². The maximum atomic E-state index is 4.50. The predicted molar refractivity (Wildman–Crippen MR) is 104 cm³/mol. The number of nitrogens with one attached hydrogen (secondary N) is 1. The van der Waals surface area contributed by atoms with Gasteiger partial charge in [-0.3, -0.25) is 0 Å². The molecule has 1 aromatic carbocycles. The molecule has 0 aliphatic rings. The van der Waals surface area contributed by atoms with Crippen molar-refractivity contribution in [1.82, 2.24) is 14.9 Å². The fourth-order valence-corrected chi connectivity index (χ4v) is 3.83. The molecule has 0 amide bonds. The van der Waals surface area contributed by atoms with Crippen LogP contribution in [0, 0.1) is 13.8 Å². The summed E-state index contributed by atoms with van der Waals surface area (Å²) in [4.78, 5) is 12.2. The van der Waals surface area contributed by atoms with Gasteiger partial charge in [-0.2, -0.15) is 0 Å². The molecule has 0 aliphatic heterocycles. The fourth-order valence-electron chi connectivity index (χ4n) is 2.93. The minimum absolute atomic E-state index is 0.909. The van der Waals surface area contributed by atoms with Crippen LogP contribution in [0.15, 0.2) is 29.9 Å². The number of aryl methyl sites for hydroxylation is 2. The van der Waals surface area contributed by atoms with Crippen LogP contribution < -0.4 is 5.32 Å². The van der Waals surface area contributed by atoms with E-state index in [0.29, 0.717) is 0 Å². The van der Waals surface area contributed by atoms with Crippen molar-refractivity contribution in [2.24, 2.45) is 0 Å². The molecule has 4 nitrogen and oxygen atoms in total. The normalized spacial score (nSPS) is 11.4. The van der Waals surface area contributed by atoms with Gasteiger partial charge >= 0.3 is 0 Å². The summed E-state index contributed by atoms with van der Waals surface area (Å²) in [5.74, 6) is 0.940. The third kappa shape index (κ3) is 3.57. The zero-order valence-corrected chi connectivity index (χ0v) is 15.6. The Morgan fingerprint density at radius 1 is 1.12 bits per heavy atom. The largest absolute Gasteiger partial charge is 0.369 e. The average molecular weight is 340 g/mol. The van der Waals surface area contributed by atoms with Crippen LogP contribution in [0.1, 0.15) is 17.5 Å². The number of aromatic nitrogens is 2. The van der Waals surface area contributed by atoms with Crippen molar-refractivity contribution in [2.75, 3.05) is 32.5 Å². The summed E-state index contributed by atoms with van der Waals surface area (Å²) in [6.07, 6.45) is 2.74. The number of benzene rings is 1. The molecule has 3 rings (SSSR count). The Morgan fingerprint density at radius 2 is 1.96 bits per heavy atom. The molecule has 126 valence electrons. The maximum Gasteiger partial charge on any atom is 0.138 e. The highest BCUT2D eigenvalue weighted by Gasteiger charge is 2.14. The van der Waals surface area contributed by atoms with E-state index in [1.54, 1.807) is 17.7 Å². The second-order valence-corrected chi connectivity index (χ2v) is 7.31.